The Hall–Kier alpha value is -3.07. The van der Waals surface area contributed by atoms with E-state index in [1.807, 2.05) is 37.3 Å². The third-order valence-corrected chi connectivity index (χ3v) is 5.90. The van der Waals surface area contributed by atoms with Gasteiger partial charge in [0.2, 0.25) is 5.91 Å². The number of rotatable bonds is 6. The van der Waals surface area contributed by atoms with Gasteiger partial charge in [0.05, 0.1) is 12.2 Å². The van der Waals surface area contributed by atoms with Crippen molar-refractivity contribution < 1.29 is 19.1 Å². The molecule has 0 bridgehead atoms. The Bertz CT molecular complexity index is 985. The number of aryl methyl sites for hydroxylation is 1. The lowest BCUT2D eigenvalue weighted by molar-refractivity contribution is -0.120. The molecule has 0 radical (unpaired) electrons. The van der Waals surface area contributed by atoms with E-state index < -0.39 is 11.7 Å². The molecule has 1 heterocycles. The first-order valence-corrected chi connectivity index (χ1v) is 11.6. The monoisotopic (exact) mass is 474 g/mol. The zero-order valence-corrected chi connectivity index (χ0v) is 21.2. The second kappa shape index (κ2) is 10.7. The highest BCUT2D eigenvalue weighted by atomic mass is 32.1. The normalized spacial score (nSPS) is 11.5. The molecule has 2 aromatic rings. The molecule has 2 rings (SSSR count). The predicted octanol–water partition coefficient (Wildman–Crippen LogP) is 5.14. The van der Waals surface area contributed by atoms with Crippen molar-refractivity contribution in [3.63, 3.8) is 0 Å². The van der Waals surface area contributed by atoms with Crippen molar-refractivity contribution in [3.8, 4) is 0 Å². The number of amides is 4. The number of thiophene rings is 1. The lowest BCUT2D eigenvalue weighted by Gasteiger charge is -2.19. The summed E-state index contributed by atoms with van der Waals surface area (Å²) in [6.45, 7) is 13.5. The average Bonchev–Trinajstić information content (AvgIpc) is 3.08. The van der Waals surface area contributed by atoms with E-state index >= 15 is 0 Å². The van der Waals surface area contributed by atoms with Crippen molar-refractivity contribution >= 4 is 40.7 Å². The largest absolute Gasteiger partial charge is 0.444 e. The van der Waals surface area contributed by atoms with Crippen LogP contribution in [0.4, 0.5) is 21.0 Å². The van der Waals surface area contributed by atoms with Gasteiger partial charge in [-0.05, 0) is 51.3 Å². The fourth-order valence-corrected chi connectivity index (χ4v) is 3.78. The predicted molar refractivity (Wildman–Crippen MR) is 133 cm³/mol. The van der Waals surface area contributed by atoms with Crippen LogP contribution in [0.15, 0.2) is 30.3 Å². The summed E-state index contributed by atoms with van der Waals surface area (Å²) in [5.41, 5.74) is 1.67. The van der Waals surface area contributed by atoms with Crippen molar-refractivity contribution in [1.82, 2.24) is 10.6 Å². The fraction of sp³-hybridized carbons (Fsp3) is 0.458. The van der Waals surface area contributed by atoms with Crippen molar-refractivity contribution in [3.05, 3.63) is 45.6 Å². The van der Waals surface area contributed by atoms with Crippen LogP contribution in [0, 0.1) is 6.92 Å². The Morgan fingerprint density at radius 1 is 0.939 bits per heavy atom. The van der Waals surface area contributed by atoms with Gasteiger partial charge >= 0.3 is 12.1 Å². The number of anilines is 2. The fourth-order valence-electron chi connectivity index (χ4n) is 2.67. The first-order chi connectivity index (χ1) is 15.2. The number of alkyl carbamates (subject to hydrolysis) is 1. The maximum Gasteiger partial charge on any atom is 0.408 e. The van der Waals surface area contributed by atoms with Crippen LogP contribution in [0.1, 0.15) is 56.9 Å². The lowest BCUT2D eigenvalue weighted by Crippen LogP contribution is -2.39. The summed E-state index contributed by atoms with van der Waals surface area (Å²) in [6.07, 6.45) is -0.654. The molecule has 0 spiro atoms. The molecule has 1 aromatic heterocycles. The topological polar surface area (TPSA) is 109 Å². The van der Waals surface area contributed by atoms with Gasteiger partial charge < -0.3 is 26.0 Å². The van der Waals surface area contributed by atoms with Crippen molar-refractivity contribution in [2.45, 2.75) is 66.0 Å². The summed E-state index contributed by atoms with van der Waals surface area (Å²) < 4.78 is 5.13. The molecule has 9 heteroatoms. The van der Waals surface area contributed by atoms with Gasteiger partial charge in [-0.15, -0.1) is 11.3 Å². The summed E-state index contributed by atoms with van der Waals surface area (Å²) in [5, 5.41) is 10.9. The van der Waals surface area contributed by atoms with Gasteiger partial charge in [0.1, 0.15) is 12.1 Å². The number of ether oxygens (including phenoxy) is 1. The van der Waals surface area contributed by atoms with Gasteiger partial charge in [0.25, 0.3) is 0 Å². The zero-order valence-electron chi connectivity index (χ0n) is 20.3. The van der Waals surface area contributed by atoms with Crippen LogP contribution in [0.3, 0.4) is 0 Å². The highest BCUT2D eigenvalue weighted by Gasteiger charge is 2.21. The Kier molecular flexibility index (Phi) is 8.49. The minimum Gasteiger partial charge on any atom is -0.444 e. The molecular formula is C24H34N4O4S. The summed E-state index contributed by atoms with van der Waals surface area (Å²) >= 11 is 1.52. The quantitative estimate of drug-likeness (QED) is 0.465. The van der Waals surface area contributed by atoms with Crippen LogP contribution in [-0.2, 0) is 21.5 Å². The molecule has 4 N–H and O–H groups in total. The third-order valence-electron chi connectivity index (χ3n) is 4.34. The van der Waals surface area contributed by atoms with E-state index in [-0.39, 0.29) is 30.4 Å². The Morgan fingerprint density at radius 2 is 1.58 bits per heavy atom. The Balaban J connectivity index is 2.01. The molecule has 0 aliphatic carbocycles. The Morgan fingerprint density at radius 3 is 2.15 bits per heavy atom. The summed E-state index contributed by atoms with van der Waals surface area (Å²) in [4.78, 5) is 38.4. The smallest absolute Gasteiger partial charge is 0.408 e. The lowest BCUT2D eigenvalue weighted by atomic mass is 9.94. The molecule has 0 saturated carbocycles. The second-order valence-electron chi connectivity index (χ2n) is 9.77. The second-order valence-corrected chi connectivity index (χ2v) is 10.9. The number of nitrogens with one attached hydrogen (secondary N) is 4. The van der Waals surface area contributed by atoms with Crippen LogP contribution in [-0.4, -0.2) is 30.2 Å². The standard InChI is InChI=1S/C24H34N4O4S/c1-15-8-10-16(11-9-15)27-21(30)28-17-12-19(23(2,3)4)33-18(17)13-25-20(29)14-26-22(31)32-24(5,6)7/h8-12H,13-14H2,1-7H3,(H,25,29)(H,26,31)(H2,27,28,30). The van der Waals surface area contributed by atoms with Gasteiger partial charge in [-0.25, -0.2) is 9.59 Å². The maximum atomic E-state index is 12.5. The molecule has 180 valence electrons. The summed E-state index contributed by atoms with van der Waals surface area (Å²) in [5.74, 6) is -0.360. The zero-order chi connectivity index (χ0) is 24.8. The number of carbonyl (C=O) groups excluding carboxylic acids is 3. The van der Waals surface area contributed by atoms with Gasteiger partial charge in [0, 0.05) is 15.4 Å². The van der Waals surface area contributed by atoms with E-state index in [0.717, 1.165) is 15.3 Å². The summed E-state index contributed by atoms with van der Waals surface area (Å²) in [7, 11) is 0. The Labute approximate surface area is 199 Å². The molecule has 0 aliphatic rings. The number of urea groups is 1. The van der Waals surface area contributed by atoms with Crippen LogP contribution >= 0.6 is 11.3 Å². The molecule has 0 atom stereocenters. The molecule has 0 saturated heterocycles. The molecule has 0 fully saturated rings. The SMILES string of the molecule is Cc1ccc(NC(=O)Nc2cc(C(C)(C)C)sc2CNC(=O)CNC(=O)OC(C)(C)C)cc1. The number of hydrogen-bond donors (Lipinski definition) is 4. The van der Waals surface area contributed by atoms with E-state index in [0.29, 0.717) is 11.4 Å². The number of benzene rings is 1. The van der Waals surface area contributed by atoms with Crippen LogP contribution < -0.4 is 21.3 Å². The minimum absolute atomic E-state index is 0.116. The van der Waals surface area contributed by atoms with Gasteiger partial charge in [-0.1, -0.05) is 38.5 Å². The average molecular weight is 475 g/mol. The molecule has 33 heavy (non-hydrogen) atoms. The van der Waals surface area contributed by atoms with Crippen molar-refractivity contribution in [2.24, 2.45) is 0 Å². The van der Waals surface area contributed by atoms with E-state index in [4.69, 9.17) is 4.74 Å². The maximum absolute atomic E-state index is 12.5. The molecule has 8 nitrogen and oxygen atoms in total. The van der Waals surface area contributed by atoms with Crippen LogP contribution in [0.2, 0.25) is 0 Å². The van der Waals surface area contributed by atoms with Crippen LogP contribution in [0.5, 0.6) is 0 Å². The van der Waals surface area contributed by atoms with Crippen molar-refractivity contribution in [2.75, 3.05) is 17.2 Å². The van der Waals surface area contributed by atoms with Gasteiger partial charge in [0.15, 0.2) is 0 Å². The number of carbonyl (C=O) groups is 3. The number of hydrogen-bond acceptors (Lipinski definition) is 5. The molecule has 0 aliphatic heterocycles. The molecule has 0 unspecified atom stereocenters. The van der Waals surface area contributed by atoms with E-state index in [1.54, 1.807) is 20.8 Å². The van der Waals surface area contributed by atoms with E-state index in [9.17, 15) is 14.4 Å². The highest BCUT2D eigenvalue weighted by Crippen LogP contribution is 2.35. The third kappa shape index (κ3) is 9.13. The molecular weight excluding hydrogens is 440 g/mol. The van der Waals surface area contributed by atoms with E-state index in [2.05, 4.69) is 42.0 Å². The highest BCUT2D eigenvalue weighted by molar-refractivity contribution is 7.12. The molecule has 4 amide bonds. The van der Waals surface area contributed by atoms with Crippen LogP contribution in [0.25, 0.3) is 0 Å². The first kappa shape index (κ1) is 26.2. The minimum atomic E-state index is -0.654. The first-order valence-electron chi connectivity index (χ1n) is 10.7. The summed E-state index contributed by atoms with van der Waals surface area (Å²) in [6, 6.07) is 9.08. The van der Waals surface area contributed by atoms with E-state index in [1.165, 1.54) is 11.3 Å². The van der Waals surface area contributed by atoms with Gasteiger partial charge in [-0.3, -0.25) is 4.79 Å². The molecule has 1 aromatic carbocycles. The van der Waals surface area contributed by atoms with Crippen molar-refractivity contribution in [1.29, 1.82) is 0 Å². The van der Waals surface area contributed by atoms with Gasteiger partial charge in [-0.2, -0.15) is 0 Å².